The molecule has 0 fully saturated rings. The first-order valence-corrected chi connectivity index (χ1v) is 12.1. The Balaban J connectivity index is 1.63. The number of carbonyl (C=O) groups excluding carboxylic acids is 1. The van der Waals surface area contributed by atoms with Crippen LogP contribution in [0.1, 0.15) is 18.3 Å². The minimum absolute atomic E-state index is 0.0178. The van der Waals surface area contributed by atoms with Crippen molar-refractivity contribution in [1.82, 2.24) is 9.97 Å². The van der Waals surface area contributed by atoms with Crippen LogP contribution in [0.15, 0.2) is 64.4 Å². The predicted octanol–water partition coefficient (Wildman–Crippen LogP) is 4.02. The van der Waals surface area contributed by atoms with Gasteiger partial charge in [0.15, 0.2) is 0 Å². The molecule has 1 aromatic heterocycles. The third kappa shape index (κ3) is 6.21. The second-order valence-electron chi connectivity index (χ2n) is 7.03. The first-order valence-electron chi connectivity index (χ1n) is 9.73. The van der Waals surface area contributed by atoms with Crippen LogP contribution in [-0.2, 0) is 14.8 Å². The van der Waals surface area contributed by atoms with Gasteiger partial charge >= 0.3 is 0 Å². The number of anilines is 2. The molecule has 1 atom stereocenters. The Hall–Kier alpha value is -3.11. The van der Waals surface area contributed by atoms with Crippen molar-refractivity contribution in [3.05, 3.63) is 66.0 Å². The molecule has 0 aliphatic carbocycles. The highest BCUT2D eigenvalue weighted by atomic mass is 32.2. The van der Waals surface area contributed by atoms with Crippen LogP contribution in [0.5, 0.6) is 5.75 Å². The van der Waals surface area contributed by atoms with Gasteiger partial charge in [-0.1, -0.05) is 0 Å². The molecule has 0 aliphatic rings. The maximum absolute atomic E-state index is 12.6. The summed E-state index contributed by atoms with van der Waals surface area (Å²) in [6.07, 6.45) is 0. The van der Waals surface area contributed by atoms with Crippen LogP contribution in [-0.4, -0.2) is 36.7 Å². The van der Waals surface area contributed by atoms with Gasteiger partial charge in [-0.2, -0.15) is 0 Å². The summed E-state index contributed by atoms with van der Waals surface area (Å²) >= 11 is 1.41. The number of aromatic nitrogens is 2. The molecule has 0 unspecified atom stereocenters. The standard InChI is InChI=1S/C22H24N4O4S2/c1-14-13-15(2)24-22(23-14)26-32(28,29)20-11-5-17(6-12-20)25-21(27)16(3)31-19-9-7-18(30-4)8-10-19/h5-13,16H,1-4H3,(H,25,27)(H,23,24,26)/t16-/m0/s1. The number of thioether (sulfide) groups is 1. The van der Waals surface area contributed by atoms with Crippen LogP contribution in [0.2, 0.25) is 0 Å². The average molecular weight is 473 g/mol. The molecule has 0 saturated heterocycles. The lowest BCUT2D eigenvalue weighted by molar-refractivity contribution is -0.115. The summed E-state index contributed by atoms with van der Waals surface area (Å²) in [4.78, 5) is 21.7. The highest BCUT2D eigenvalue weighted by Crippen LogP contribution is 2.26. The minimum Gasteiger partial charge on any atom is -0.497 e. The first-order chi connectivity index (χ1) is 15.2. The number of rotatable bonds is 8. The molecule has 1 heterocycles. The van der Waals surface area contributed by atoms with E-state index in [0.717, 1.165) is 10.6 Å². The Labute approximate surface area is 191 Å². The van der Waals surface area contributed by atoms with Crippen molar-refractivity contribution in [2.75, 3.05) is 17.1 Å². The van der Waals surface area contributed by atoms with Gasteiger partial charge in [0.2, 0.25) is 11.9 Å². The summed E-state index contributed by atoms with van der Waals surface area (Å²) in [6, 6.07) is 15.1. The van der Waals surface area contributed by atoms with E-state index in [9.17, 15) is 13.2 Å². The van der Waals surface area contributed by atoms with E-state index in [0.29, 0.717) is 17.1 Å². The zero-order valence-corrected chi connectivity index (χ0v) is 19.8. The molecule has 1 amide bonds. The molecule has 2 aromatic carbocycles. The molecular weight excluding hydrogens is 448 g/mol. The summed E-state index contributed by atoms with van der Waals surface area (Å²) in [5.41, 5.74) is 1.82. The number of methoxy groups -OCH3 is 1. The van der Waals surface area contributed by atoms with Gasteiger partial charge in [-0.25, -0.2) is 23.1 Å². The zero-order chi connectivity index (χ0) is 23.3. The molecule has 2 N–H and O–H groups in total. The number of amides is 1. The molecule has 0 bridgehead atoms. The molecule has 3 rings (SSSR count). The molecule has 0 saturated carbocycles. The molecule has 10 heteroatoms. The van der Waals surface area contributed by atoms with E-state index in [1.165, 1.54) is 23.9 Å². The van der Waals surface area contributed by atoms with Crippen LogP contribution in [0, 0.1) is 13.8 Å². The number of nitrogens with zero attached hydrogens (tertiary/aromatic N) is 2. The summed E-state index contributed by atoms with van der Waals surface area (Å²) in [7, 11) is -2.26. The lowest BCUT2D eigenvalue weighted by Gasteiger charge is -2.13. The van der Waals surface area contributed by atoms with Gasteiger partial charge in [-0.05, 0) is 75.4 Å². The summed E-state index contributed by atoms with van der Waals surface area (Å²) in [6.45, 7) is 5.33. The van der Waals surface area contributed by atoms with Crippen LogP contribution in [0.3, 0.4) is 0 Å². The number of ether oxygens (including phenoxy) is 1. The number of sulfonamides is 1. The summed E-state index contributed by atoms with van der Waals surface area (Å²) in [5, 5.41) is 2.45. The largest absolute Gasteiger partial charge is 0.497 e. The normalized spacial score (nSPS) is 12.1. The van der Waals surface area contributed by atoms with E-state index in [4.69, 9.17) is 4.74 Å². The van der Waals surface area contributed by atoms with Crippen LogP contribution in [0.25, 0.3) is 0 Å². The maximum atomic E-state index is 12.6. The van der Waals surface area contributed by atoms with Crippen molar-refractivity contribution in [2.45, 2.75) is 35.8 Å². The fourth-order valence-corrected chi connectivity index (χ4v) is 4.64. The van der Waals surface area contributed by atoms with Crippen molar-refractivity contribution in [2.24, 2.45) is 0 Å². The lowest BCUT2D eigenvalue weighted by Crippen LogP contribution is -2.22. The topological polar surface area (TPSA) is 110 Å². The van der Waals surface area contributed by atoms with Gasteiger partial charge in [-0.3, -0.25) is 4.79 Å². The van der Waals surface area contributed by atoms with E-state index in [2.05, 4.69) is 20.0 Å². The van der Waals surface area contributed by atoms with E-state index >= 15 is 0 Å². The Bertz CT molecular complexity index is 1180. The fourth-order valence-electron chi connectivity index (χ4n) is 2.82. The molecule has 0 spiro atoms. The van der Waals surface area contributed by atoms with Gasteiger partial charge < -0.3 is 10.1 Å². The highest BCUT2D eigenvalue weighted by Gasteiger charge is 2.18. The molecule has 0 radical (unpaired) electrons. The second-order valence-corrected chi connectivity index (χ2v) is 10.1. The molecule has 3 aromatic rings. The van der Waals surface area contributed by atoms with Crippen LogP contribution >= 0.6 is 11.8 Å². The van der Waals surface area contributed by atoms with Crippen molar-refractivity contribution in [1.29, 1.82) is 0 Å². The van der Waals surface area contributed by atoms with E-state index in [1.807, 2.05) is 24.3 Å². The van der Waals surface area contributed by atoms with E-state index < -0.39 is 10.0 Å². The number of benzene rings is 2. The lowest BCUT2D eigenvalue weighted by atomic mass is 10.3. The van der Waals surface area contributed by atoms with Crippen molar-refractivity contribution in [3.63, 3.8) is 0 Å². The summed E-state index contributed by atoms with van der Waals surface area (Å²) in [5.74, 6) is 0.576. The quantitative estimate of drug-likeness (QED) is 0.476. The Morgan fingerprint density at radius 3 is 2.16 bits per heavy atom. The Morgan fingerprint density at radius 1 is 1.00 bits per heavy atom. The van der Waals surface area contributed by atoms with Crippen LogP contribution in [0.4, 0.5) is 11.6 Å². The number of carbonyl (C=O) groups is 1. The minimum atomic E-state index is -3.86. The fraction of sp³-hybridized carbons (Fsp3) is 0.227. The monoisotopic (exact) mass is 472 g/mol. The van der Waals surface area contributed by atoms with Crippen molar-refractivity contribution in [3.8, 4) is 5.75 Å². The molecular formula is C22H24N4O4S2. The predicted molar refractivity (Wildman–Crippen MR) is 126 cm³/mol. The average Bonchev–Trinajstić information content (AvgIpc) is 2.73. The number of aryl methyl sites for hydroxylation is 2. The third-order valence-corrected chi connectivity index (χ3v) is 6.84. The van der Waals surface area contributed by atoms with E-state index in [1.54, 1.807) is 46.1 Å². The van der Waals surface area contributed by atoms with Crippen LogP contribution < -0.4 is 14.8 Å². The van der Waals surface area contributed by atoms with Crippen molar-refractivity contribution < 1.29 is 17.9 Å². The summed E-state index contributed by atoms with van der Waals surface area (Å²) < 4.78 is 32.8. The van der Waals surface area contributed by atoms with Gasteiger partial charge in [0.1, 0.15) is 5.75 Å². The number of hydrogen-bond donors (Lipinski definition) is 2. The zero-order valence-electron chi connectivity index (χ0n) is 18.1. The van der Waals surface area contributed by atoms with Gasteiger partial charge in [0, 0.05) is 22.0 Å². The van der Waals surface area contributed by atoms with Gasteiger partial charge in [0.05, 0.1) is 17.3 Å². The van der Waals surface area contributed by atoms with Gasteiger partial charge in [-0.15, -0.1) is 11.8 Å². The van der Waals surface area contributed by atoms with Crippen molar-refractivity contribution >= 4 is 39.3 Å². The molecule has 0 aliphatic heterocycles. The molecule has 32 heavy (non-hydrogen) atoms. The maximum Gasteiger partial charge on any atom is 0.264 e. The number of hydrogen-bond acceptors (Lipinski definition) is 7. The van der Waals surface area contributed by atoms with Gasteiger partial charge in [0.25, 0.3) is 10.0 Å². The van der Waals surface area contributed by atoms with E-state index in [-0.39, 0.29) is 22.0 Å². The number of nitrogens with one attached hydrogen (secondary N) is 2. The third-order valence-electron chi connectivity index (χ3n) is 4.38. The highest BCUT2D eigenvalue weighted by molar-refractivity contribution is 8.00. The second kappa shape index (κ2) is 10.0. The molecule has 8 nitrogen and oxygen atoms in total. The first kappa shape index (κ1) is 23.6. The Kier molecular flexibility index (Phi) is 7.37. The Morgan fingerprint density at radius 2 is 1.59 bits per heavy atom. The smallest absolute Gasteiger partial charge is 0.264 e. The molecule has 168 valence electrons. The SMILES string of the molecule is COc1ccc(S[C@@H](C)C(=O)Nc2ccc(S(=O)(=O)Nc3nc(C)cc(C)n3)cc2)cc1.